The van der Waals surface area contributed by atoms with Gasteiger partial charge >= 0.3 is 0 Å². The number of aromatic nitrogens is 1. The summed E-state index contributed by atoms with van der Waals surface area (Å²) in [5.41, 5.74) is 16.2. The molecule has 2 nitrogen and oxygen atoms in total. The molecule has 0 saturated carbocycles. The first-order chi connectivity index (χ1) is 30.3. The number of anilines is 3. The number of hydrogen-bond acceptors (Lipinski definition) is 1. The fourth-order valence-corrected chi connectivity index (χ4v) is 10.3. The van der Waals surface area contributed by atoms with Crippen LogP contribution < -0.4 is 4.90 Å². The minimum absolute atomic E-state index is 0.585. The van der Waals surface area contributed by atoms with Gasteiger partial charge in [0.2, 0.25) is 0 Å². The van der Waals surface area contributed by atoms with Crippen molar-refractivity contribution in [3.05, 3.63) is 265 Å². The zero-order chi connectivity index (χ0) is 40.3. The monoisotopic (exact) mass is 776 g/mol. The van der Waals surface area contributed by atoms with E-state index in [2.05, 4.69) is 252 Å². The Balaban J connectivity index is 1.18. The molecule has 61 heavy (non-hydrogen) atoms. The van der Waals surface area contributed by atoms with E-state index in [0.717, 1.165) is 28.3 Å². The van der Waals surface area contributed by atoms with Crippen LogP contribution in [0.15, 0.2) is 243 Å². The predicted molar refractivity (Wildman–Crippen MR) is 256 cm³/mol. The first kappa shape index (κ1) is 35.0. The first-order valence-corrected chi connectivity index (χ1v) is 21.1. The van der Waals surface area contributed by atoms with E-state index in [1.807, 2.05) is 0 Å². The normalized spacial score (nSPS) is 12.7. The van der Waals surface area contributed by atoms with Gasteiger partial charge in [-0.3, -0.25) is 0 Å². The largest absolute Gasteiger partial charge is 0.310 e. The number of fused-ring (bicyclic) bond motifs is 8. The van der Waals surface area contributed by atoms with E-state index in [-0.39, 0.29) is 0 Å². The highest BCUT2D eigenvalue weighted by Gasteiger charge is 2.47. The fraction of sp³-hybridized carbons (Fsp3) is 0.0169. The molecule has 0 fully saturated rings. The van der Waals surface area contributed by atoms with Crippen LogP contribution in [0.25, 0.3) is 60.5 Å². The van der Waals surface area contributed by atoms with Crippen molar-refractivity contribution in [2.24, 2.45) is 0 Å². The van der Waals surface area contributed by atoms with Crippen molar-refractivity contribution >= 4 is 49.6 Å². The van der Waals surface area contributed by atoms with Crippen molar-refractivity contribution in [3.8, 4) is 27.9 Å². The summed E-state index contributed by atoms with van der Waals surface area (Å²) < 4.78 is 2.41. The third kappa shape index (κ3) is 5.36. The molecule has 0 spiro atoms. The highest BCUT2D eigenvalue weighted by atomic mass is 15.1. The maximum absolute atomic E-state index is 2.49. The van der Waals surface area contributed by atoms with Crippen LogP contribution in [-0.4, -0.2) is 4.57 Å². The second-order valence-electron chi connectivity index (χ2n) is 16.0. The van der Waals surface area contributed by atoms with Gasteiger partial charge in [0.25, 0.3) is 0 Å². The Morgan fingerprint density at radius 3 is 1.67 bits per heavy atom. The number of benzene rings is 10. The van der Waals surface area contributed by atoms with Crippen molar-refractivity contribution in [2.45, 2.75) is 5.41 Å². The summed E-state index contributed by atoms with van der Waals surface area (Å²) in [6.07, 6.45) is 0. The van der Waals surface area contributed by atoms with E-state index < -0.39 is 5.41 Å². The quantitative estimate of drug-likeness (QED) is 0.156. The van der Waals surface area contributed by atoms with Crippen LogP contribution >= 0.6 is 0 Å². The Bertz CT molecular complexity index is 3360. The van der Waals surface area contributed by atoms with Gasteiger partial charge in [0, 0.05) is 33.4 Å². The molecule has 1 heterocycles. The summed E-state index contributed by atoms with van der Waals surface area (Å²) in [6, 6.07) is 89.2. The number of rotatable bonds is 7. The van der Waals surface area contributed by atoms with E-state index in [0.29, 0.717) is 0 Å². The molecular formula is C59H40N2. The van der Waals surface area contributed by atoms with Gasteiger partial charge in [0.15, 0.2) is 0 Å². The number of hydrogen-bond donors (Lipinski definition) is 0. The number of para-hydroxylation sites is 3. The van der Waals surface area contributed by atoms with Gasteiger partial charge in [-0.2, -0.15) is 0 Å². The summed E-state index contributed by atoms with van der Waals surface area (Å²) in [6.45, 7) is 0. The maximum atomic E-state index is 2.49. The molecule has 0 amide bonds. The van der Waals surface area contributed by atoms with E-state index in [1.165, 1.54) is 71.6 Å². The van der Waals surface area contributed by atoms with Crippen molar-refractivity contribution in [1.82, 2.24) is 4.57 Å². The SMILES string of the molecule is c1ccc(-c2ccccc2N(c2ccc3c(c2)C(c2ccccc2)(c2ccccc2)c2c-3ccc3ccccc23)c2ccc3c4ccccc4n(-c4ccccc4)c3c2)cc1. The van der Waals surface area contributed by atoms with E-state index in [4.69, 9.17) is 0 Å². The van der Waals surface area contributed by atoms with Crippen LogP contribution in [0, 0.1) is 0 Å². The summed E-state index contributed by atoms with van der Waals surface area (Å²) in [7, 11) is 0. The molecule has 10 aromatic carbocycles. The molecule has 0 saturated heterocycles. The second kappa shape index (κ2) is 14.1. The summed E-state index contributed by atoms with van der Waals surface area (Å²) in [5.74, 6) is 0. The van der Waals surface area contributed by atoms with Gasteiger partial charge in [-0.25, -0.2) is 0 Å². The van der Waals surface area contributed by atoms with Gasteiger partial charge in [-0.1, -0.05) is 194 Å². The number of nitrogens with zero attached hydrogens (tertiary/aromatic N) is 2. The lowest BCUT2D eigenvalue weighted by Gasteiger charge is -2.35. The van der Waals surface area contributed by atoms with Crippen LogP contribution in [0.3, 0.4) is 0 Å². The van der Waals surface area contributed by atoms with E-state index in [1.54, 1.807) is 0 Å². The molecular weight excluding hydrogens is 737 g/mol. The van der Waals surface area contributed by atoms with Crippen LogP contribution in [-0.2, 0) is 5.41 Å². The molecule has 12 rings (SSSR count). The van der Waals surface area contributed by atoms with Crippen molar-refractivity contribution in [1.29, 1.82) is 0 Å². The molecule has 2 heteroatoms. The van der Waals surface area contributed by atoms with Crippen LogP contribution in [0.2, 0.25) is 0 Å². The summed E-state index contributed by atoms with van der Waals surface area (Å²) in [5, 5.41) is 4.98. The van der Waals surface area contributed by atoms with Gasteiger partial charge < -0.3 is 9.47 Å². The molecule has 1 aliphatic carbocycles. The molecule has 0 aliphatic heterocycles. The zero-order valence-corrected chi connectivity index (χ0v) is 33.5. The summed E-state index contributed by atoms with van der Waals surface area (Å²) >= 11 is 0. The first-order valence-electron chi connectivity index (χ1n) is 21.1. The summed E-state index contributed by atoms with van der Waals surface area (Å²) in [4.78, 5) is 2.48. The average Bonchev–Trinajstić information content (AvgIpc) is 3.83. The third-order valence-corrected chi connectivity index (χ3v) is 12.8. The third-order valence-electron chi connectivity index (χ3n) is 12.8. The Morgan fingerprint density at radius 1 is 0.361 bits per heavy atom. The van der Waals surface area contributed by atoms with Crippen molar-refractivity contribution in [2.75, 3.05) is 4.90 Å². The van der Waals surface area contributed by atoms with Crippen LogP contribution in [0.5, 0.6) is 0 Å². The Labute approximate surface area is 355 Å². The van der Waals surface area contributed by atoms with Gasteiger partial charge in [0.1, 0.15) is 0 Å². The smallest absolute Gasteiger partial charge is 0.0720 e. The molecule has 0 atom stereocenters. The second-order valence-corrected chi connectivity index (χ2v) is 16.0. The maximum Gasteiger partial charge on any atom is 0.0720 e. The molecule has 0 N–H and O–H groups in total. The zero-order valence-electron chi connectivity index (χ0n) is 33.5. The predicted octanol–water partition coefficient (Wildman–Crippen LogP) is 15.4. The molecule has 0 radical (unpaired) electrons. The highest BCUT2D eigenvalue weighted by Crippen LogP contribution is 2.59. The van der Waals surface area contributed by atoms with Gasteiger partial charge in [-0.15, -0.1) is 0 Å². The lowest BCUT2D eigenvalue weighted by molar-refractivity contribution is 0.775. The fourth-order valence-electron chi connectivity index (χ4n) is 10.3. The topological polar surface area (TPSA) is 8.17 Å². The lowest BCUT2D eigenvalue weighted by atomic mass is 9.66. The molecule has 0 unspecified atom stereocenters. The Kier molecular flexibility index (Phi) is 8.11. The average molecular weight is 777 g/mol. The van der Waals surface area contributed by atoms with E-state index in [9.17, 15) is 0 Å². The Morgan fingerprint density at radius 2 is 0.918 bits per heavy atom. The highest BCUT2D eigenvalue weighted by molar-refractivity contribution is 6.11. The van der Waals surface area contributed by atoms with Crippen molar-refractivity contribution < 1.29 is 0 Å². The Hall–Kier alpha value is -7.94. The molecule has 1 aliphatic rings. The molecule has 0 bridgehead atoms. The molecule has 1 aromatic heterocycles. The minimum Gasteiger partial charge on any atom is -0.310 e. The molecule has 286 valence electrons. The lowest BCUT2D eigenvalue weighted by Crippen LogP contribution is -2.29. The minimum atomic E-state index is -0.585. The standard InChI is InChI=1S/C59H40N2/c1-5-19-41(20-6-1)48-28-15-17-31-55(48)60(47-35-38-52-51-30-16-18-32-56(51)61(57(52)40-47)45-26-11-4-12-27-45)46-34-37-50-53-36-33-42-21-13-14-29-49(42)58(53)59(54(50)39-46,43-22-7-2-8-23-43)44-24-9-3-10-25-44/h1-40H. The molecule has 11 aromatic rings. The van der Waals surface area contributed by atoms with Crippen LogP contribution in [0.4, 0.5) is 17.1 Å². The van der Waals surface area contributed by atoms with Gasteiger partial charge in [-0.05, 0) is 98.2 Å². The van der Waals surface area contributed by atoms with Crippen LogP contribution in [0.1, 0.15) is 22.3 Å². The van der Waals surface area contributed by atoms with Crippen molar-refractivity contribution in [3.63, 3.8) is 0 Å². The van der Waals surface area contributed by atoms with Gasteiger partial charge in [0.05, 0.1) is 22.1 Å². The van der Waals surface area contributed by atoms with E-state index >= 15 is 0 Å².